The highest BCUT2D eigenvalue weighted by Crippen LogP contribution is 2.27. The minimum Gasteiger partial charge on any atom is -0.495 e. The van der Waals surface area contributed by atoms with Gasteiger partial charge < -0.3 is 20.3 Å². The van der Waals surface area contributed by atoms with Crippen LogP contribution in [-0.4, -0.2) is 31.0 Å². The summed E-state index contributed by atoms with van der Waals surface area (Å²) in [6.07, 6.45) is 5.42. The van der Waals surface area contributed by atoms with Crippen LogP contribution in [0.15, 0.2) is 36.4 Å². The Bertz CT molecular complexity index is 1020. The van der Waals surface area contributed by atoms with E-state index in [1.54, 1.807) is 30.1 Å². The van der Waals surface area contributed by atoms with Crippen LogP contribution in [0.2, 0.25) is 0 Å². The van der Waals surface area contributed by atoms with Crippen LogP contribution in [0.5, 0.6) is 5.75 Å². The molecule has 7 heteroatoms. The second-order valence-corrected chi connectivity index (χ2v) is 8.24. The van der Waals surface area contributed by atoms with Gasteiger partial charge in [-0.15, -0.1) is 0 Å². The van der Waals surface area contributed by atoms with Crippen LogP contribution >= 0.6 is 0 Å². The first kappa shape index (κ1) is 23.1. The summed E-state index contributed by atoms with van der Waals surface area (Å²) >= 11 is 0. The number of urea groups is 1. The summed E-state index contributed by atoms with van der Waals surface area (Å²) < 4.78 is 5.08. The number of methoxy groups -OCH3 is 1. The molecule has 1 fully saturated rings. The van der Waals surface area contributed by atoms with Crippen molar-refractivity contribution < 1.29 is 14.3 Å². The molecule has 1 aliphatic heterocycles. The number of hydrogen-bond donors (Lipinski definition) is 2. The van der Waals surface area contributed by atoms with Gasteiger partial charge >= 0.3 is 6.03 Å². The molecule has 2 N–H and O–H groups in total. The Morgan fingerprint density at radius 2 is 1.97 bits per heavy atom. The maximum absolute atomic E-state index is 12.1. The Kier molecular flexibility index (Phi) is 7.72. The van der Waals surface area contributed by atoms with Gasteiger partial charge in [0.1, 0.15) is 11.8 Å². The molecule has 0 saturated heterocycles. The summed E-state index contributed by atoms with van der Waals surface area (Å²) in [5, 5.41) is 14.7. The number of carbonyl (C=O) groups is 2. The van der Waals surface area contributed by atoms with Crippen LogP contribution in [0.3, 0.4) is 0 Å². The number of nitriles is 1. The lowest BCUT2D eigenvalue weighted by molar-refractivity contribution is -0.120. The largest absolute Gasteiger partial charge is 0.495 e. The van der Waals surface area contributed by atoms with Crippen molar-refractivity contribution >= 4 is 23.3 Å². The maximum atomic E-state index is 12.1. The van der Waals surface area contributed by atoms with E-state index in [9.17, 15) is 9.59 Å². The van der Waals surface area contributed by atoms with E-state index in [0.29, 0.717) is 23.5 Å². The highest BCUT2D eigenvalue weighted by atomic mass is 16.5. The number of amides is 3. The van der Waals surface area contributed by atoms with Crippen molar-refractivity contribution in [2.24, 2.45) is 5.92 Å². The van der Waals surface area contributed by atoms with E-state index in [0.717, 1.165) is 31.4 Å². The molecule has 2 aromatic carbocycles. The highest BCUT2D eigenvalue weighted by molar-refractivity contribution is 5.93. The molecule has 7 nitrogen and oxygen atoms in total. The normalized spacial score (nSPS) is 15.4. The standard InChI is InChI=1S/C15H18N2O2.C10H12N2O/c1-19-14-8-7-13(9-12(14)10-16)17-15(18)11-5-3-2-4-6-11;1-7-4-3-5-9-8(7)6-12(2)10(13)11-9/h7-9,11H,2-6H2,1H3,(H,17,18);3-5H,6H2,1-2H3,(H,11,13). The van der Waals surface area contributed by atoms with E-state index < -0.39 is 0 Å². The molecule has 3 amide bonds. The Morgan fingerprint density at radius 3 is 2.66 bits per heavy atom. The number of rotatable bonds is 3. The van der Waals surface area contributed by atoms with Crippen molar-refractivity contribution in [2.75, 3.05) is 24.8 Å². The van der Waals surface area contributed by atoms with Gasteiger partial charge in [0.05, 0.1) is 12.7 Å². The van der Waals surface area contributed by atoms with E-state index in [1.807, 2.05) is 12.1 Å². The lowest BCUT2D eigenvalue weighted by Crippen LogP contribution is -2.35. The topological polar surface area (TPSA) is 94.5 Å². The van der Waals surface area contributed by atoms with Crippen molar-refractivity contribution in [1.82, 2.24) is 4.90 Å². The average molecular weight is 435 g/mol. The molecule has 0 bridgehead atoms. The van der Waals surface area contributed by atoms with Gasteiger partial charge in [-0.3, -0.25) is 4.79 Å². The molecule has 0 atom stereocenters. The van der Waals surface area contributed by atoms with E-state index >= 15 is 0 Å². The van der Waals surface area contributed by atoms with Gasteiger partial charge in [0.15, 0.2) is 0 Å². The van der Waals surface area contributed by atoms with Crippen LogP contribution in [-0.2, 0) is 11.3 Å². The molecule has 4 rings (SSSR count). The summed E-state index contributed by atoms with van der Waals surface area (Å²) in [4.78, 5) is 25.1. The van der Waals surface area contributed by atoms with Crippen LogP contribution in [0, 0.1) is 24.2 Å². The zero-order valence-electron chi connectivity index (χ0n) is 18.9. The van der Waals surface area contributed by atoms with E-state index in [1.165, 1.54) is 24.7 Å². The van der Waals surface area contributed by atoms with Gasteiger partial charge in [0, 0.05) is 30.9 Å². The number of hydrogen-bond acceptors (Lipinski definition) is 4. The molecular formula is C25H30N4O3. The highest BCUT2D eigenvalue weighted by Gasteiger charge is 2.21. The van der Waals surface area contributed by atoms with Crippen molar-refractivity contribution in [2.45, 2.75) is 45.6 Å². The van der Waals surface area contributed by atoms with Crippen LogP contribution in [0.25, 0.3) is 0 Å². The Labute approximate surface area is 189 Å². The van der Waals surface area contributed by atoms with Gasteiger partial charge in [0.2, 0.25) is 5.91 Å². The lowest BCUT2D eigenvalue weighted by atomic mass is 9.88. The molecule has 1 aliphatic carbocycles. The molecular weight excluding hydrogens is 404 g/mol. The van der Waals surface area contributed by atoms with Crippen molar-refractivity contribution in [1.29, 1.82) is 5.26 Å². The van der Waals surface area contributed by atoms with Crippen molar-refractivity contribution in [3.8, 4) is 11.8 Å². The third-order valence-electron chi connectivity index (χ3n) is 5.96. The summed E-state index contributed by atoms with van der Waals surface area (Å²) in [7, 11) is 3.32. The van der Waals surface area contributed by atoms with Crippen molar-refractivity contribution in [3.63, 3.8) is 0 Å². The monoisotopic (exact) mass is 434 g/mol. The molecule has 0 aromatic heterocycles. The van der Waals surface area contributed by atoms with Crippen molar-refractivity contribution in [3.05, 3.63) is 53.1 Å². The van der Waals surface area contributed by atoms with Crippen LogP contribution in [0.4, 0.5) is 16.2 Å². The third kappa shape index (κ3) is 5.58. The zero-order valence-corrected chi connectivity index (χ0v) is 18.9. The second kappa shape index (κ2) is 10.7. The van der Waals surface area contributed by atoms with Gasteiger partial charge in [-0.2, -0.15) is 5.26 Å². The summed E-state index contributed by atoms with van der Waals surface area (Å²) in [6.45, 7) is 2.76. The molecule has 0 unspecified atom stereocenters. The predicted molar refractivity (Wildman–Crippen MR) is 125 cm³/mol. The number of fused-ring (bicyclic) bond motifs is 1. The zero-order chi connectivity index (χ0) is 23.1. The van der Waals surface area contributed by atoms with Crippen LogP contribution < -0.4 is 15.4 Å². The smallest absolute Gasteiger partial charge is 0.321 e. The second-order valence-electron chi connectivity index (χ2n) is 8.24. The summed E-state index contributed by atoms with van der Waals surface area (Å²) in [6, 6.07) is 13.1. The Hall–Kier alpha value is -3.53. The number of carbonyl (C=O) groups excluding carboxylic acids is 2. The quantitative estimate of drug-likeness (QED) is 0.706. The first-order valence-electron chi connectivity index (χ1n) is 10.9. The first-order chi connectivity index (χ1) is 15.4. The number of benzene rings is 2. The van der Waals surface area contributed by atoms with Gasteiger partial charge in [-0.25, -0.2) is 4.79 Å². The third-order valence-corrected chi connectivity index (χ3v) is 5.96. The fourth-order valence-corrected chi connectivity index (χ4v) is 4.03. The molecule has 0 spiro atoms. The summed E-state index contributed by atoms with van der Waals surface area (Å²) in [5.74, 6) is 0.702. The van der Waals surface area contributed by atoms with E-state index in [2.05, 4.69) is 29.7 Å². The van der Waals surface area contributed by atoms with Gasteiger partial charge in [0.25, 0.3) is 0 Å². The van der Waals surface area contributed by atoms with Crippen LogP contribution in [0.1, 0.15) is 48.8 Å². The van der Waals surface area contributed by atoms with E-state index in [4.69, 9.17) is 10.00 Å². The number of nitrogens with one attached hydrogen (secondary N) is 2. The fraction of sp³-hybridized carbons (Fsp3) is 0.400. The summed E-state index contributed by atoms with van der Waals surface area (Å²) in [5.41, 5.74) is 4.48. The first-order valence-corrected chi connectivity index (χ1v) is 10.9. The minimum absolute atomic E-state index is 0.0295. The number of anilines is 2. The number of nitrogens with zero attached hydrogens (tertiary/aromatic N) is 2. The van der Waals surface area contributed by atoms with Gasteiger partial charge in [-0.05, 0) is 55.2 Å². The molecule has 1 heterocycles. The molecule has 2 aliphatic rings. The molecule has 168 valence electrons. The maximum Gasteiger partial charge on any atom is 0.321 e. The molecule has 0 radical (unpaired) electrons. The predicted octanol–water partition coefficient (Wildman–Crippen LogP) is 5.06. The SMILES string of the molecule is COc1ccc(NC(=O)C2CCCCC2)cc1C#N.Cc1cccc2c1CN(C)C(=O)N2. The van der Waals surface area contributed by atoms with Gasteiger partial charge in [-0.1, -0.05) is 31.4 Å². The average Bonchev–Trinajstić information content (AvgIpc) is 2.81. The Morgan fingerprint density at radius 1 is 1.22 bits per heavy atom. The number of ether oxygens (including phenoxy) is 1. The number of aryl methyl sites for hydroxylation is 1. The minimum atomic E-state index is -0.0295. The lowest BCUT2D eigenvalue weighted by Gasteiger charge is -2.26. The fourth-order valence-electron chi connectivity index (χ4n) is 4.03. The molecule has 2 aromatic rings. The van der Waals surface area contributed by atoms with E-state index in [-0.39, 0.29) is 17.9 Å². The Balaban J connectivity index is 0.000000193. The molecule has 32 heavy (non-hydrogen) atoms. The molecule has 1 saturated carbocycles.